The van der Waals surface area contributed by atoms with E-state index in [2.05, 4.69) is 15.2 Å². The molecule has 1 aromatic heterocycles. The molecule has 2 aromatic carbocycles. The summed E-state index contributed by atoms with van der Waals surface area (Å²) in [5, 5.41) is 8.34. The van der Waals surface area contributed by atoms with Gasteiger partial charge in [-0.1, -0.05) is 23.7 Å². The van der Waals surface area contributed by atoms with Gasteiger partial charge in [0.2, 0.25) is 5.69 Å². The maximum atomic E-state index is 13.1. The molecule has 0 bridgehead atoms. The van der Waals surface area contributed by atoms with Crippen LogP contribution in [0.25, 0.3) is 11.4 Å². The summed E-state index contributed by atoms with van der Waals surface area (Å²) in [6.07, 6.45) is 0. The molecule has 0 atom stereocenters. The van der Waals surface area contributed by atoms with Gasteiger partial charge < -0.3 is 9.47 Å². The zero-order valence-corrected chi connectivity index (χ0v) is 14.4. The first-order chi connectivity index (χ1) is 12.6. The summed E-state index contributed by atoms with van der Waals surface area (Å²) in [6.45, 7) is 1.83. The molecule has 0 saturated heterocycles. The number of aromatic nitrogens is 3. The van der Waals surface area contributed by atoms with Crippen LogP contribution < -0.4 is 4.74 Å². The molecule has 26 heavy (non-hydrogen) atoms. The van der Waals surface area contributed by atoms with Crippen LogP contribution in [0.3, 0.4) is 0 Å². The fourth-order valence-electron chi connectivity index (χ4n) is 2.07. The van der Waals surface area contributed by atoms with E-state index in [1.165, 1.54) is 24.3 Å². The Bertz CT molecular complexity index is 935. The number of halogens is 2. The molecule has 0 aliphatic rings. The number of carbonyl (C=O) groups is 1. The van der Waals surface area contributed by atoms with E-state index in [0.717, 1.165) is 0 Å². The average molecular weight is 374 g/mol. The van der Waals surface area contributed by atoms with Crippen LogP contribution in [0, 0.1) is 5.82 Å². The van der Waals surface area contributed by atoms with Gasteiger partial charge in [0.25, 0.3) is 5.88 Å². The van der Waals surface area contributed by atoms with Crippen LogP contribution in [0.15, 0.2) is 48.5 Å². The van der Waals surface area contributed by atoms with Gasteiger partial charge in [0.15, 0.2) is 5.82 Å². The number of hydrogen-bond acceptors (Lipinski definition) is 6. The number of esters is 1. The fraction of sp³-hybridized carbons (Fsp3) is 0.111. The Morgan fingerprint density at radius 3 is 2.62 bits per heavy atom. The van der Waals surface area contributed by atoms with Crippen LogP contribution in [-0.2, 0) is 4.74 Å². The van der Waals surface area contributed by atoms with Gasteiger partial charge in [-0.25, -0.2) is 9.18 Å². The highest BCUT2D eigenvalue weighted by molar-refractivity contribution is 6.30. The minimum absolute atomic E-state index is 0.0972. The van der Waals surface area contributed by atoms with E-state index in [1.807, 2.05) is 0 Å². The van der Waals surface area contributed by atoms with E-state index in [1.54, 1.807) is 31.2 Å². The fourth-order valence-corrected chi connectivity index (χ4v) is 2.26. The topological polar surface area (TPSA) is 74.2 Å². The SMILES string of the molecule is CCOC(=O)c1nnc(-c2cccc(Cl)c2)nc1Oc1ccc(F)cc1. The molecule has 6 nitrogen and oxygen atoms in total. The van der Waals surface area contributed by atoms with E-state index in [4.69, 9.17) is 21.1 Å². The van der Waals surface area contributed by atoms with Crippen molar-refractivity contribution < 1.29 is 18.7 Å². The van der Waals surface area contributed by atoms with Gasteiger partial charge in [-0.3, -0.25) is 0 Å². The maximum absolute atomic E-state index is 13.1. The Morgan fingerprint density at radius 1 is 1.15 bits per heavy atom. The molecule has 0 radical (unpaired) electrons. The van der Waals surface area contributed by atoms with E-state index in [0.29, 0.717) is 10.6 Å². The van der Waals surface area contributed by atoms with Crippen molar-refractivity contribution in [2.75, 3.05) is 6.61 Å². The Morgan fingerprint density at radius 2 is 1.92 bits per heavy atom. The van der Waals surface area contributed by atoms with Gasteiger partial charge in [0.1, 0.15) is 11.6 Å². The minimum Gasteiger partial charge on any atom is -0.461 e. The lowest BCUT2D eigenvalue weighted by Gasteiger charge is -2.10. The number of rotatable bonds is 5. The van der Waals surface area contributed by atoms with Gasteiger partial charge >= 0.3 is 5.97 Å². The molecule has 0 spiro atoms. The average Bonchev–Trinajstić information content (AvgIpc) is 2.64. The molecule has 0 aliphatic carbocycles. The third-order valence-corrected chi connectivity index (χ3v) is 3.47. The highest BCUT2D eigenvalue weighted by atomic mass is 35.5. The number of ether oxygens (including phenoxy) is 2. The molecule has 0 fully saturated rings. The molecule has 3 rings (SSSR count). The first-order valence-corrected chi connectivity index (χ1v) is 8.06. The molecule has 3 aromatic rings. The second-order valence-electron chi connectivity index (χ2n) is 5.08. The standard InChI is InChI=1S/C18H13ClFN3O3/c1-2-25-18(24)15-17(26-14-8-6-13(20)7-9-14)21-16(23-22-15)11-4-3-5-12(19)10-11/h3-10H,2H2,1H3. The Kier molecular flexibility index (Phi) is 5.38. The Balaban J connectivity index is 2.02. The van der Waals surface area contributed by atoms with Gasteiger partial charge in [-0.05, 0) is 43.3 Å². The molecular formula is C18H13ClFN3O3. The summed E-state index contributed by atoms with van der Waals surface area (Å²) in [7, 11) is 0. The van der Waals surface area contributed by atoms with E-state index in [-0.39, 0.29) is 29.8 Å². The van der Waals surface area contributed by atoms with E-state index in [9.17, 15) is 9.18 Å². The Labute approximate surface area is 153 Å². The van der Waals surface area contributed by atoms with Gasteiger partial charge in [-0.2, -0.15) is 4.98 Å². The molecule has 0 unspecified atom stereocenters. The smallest absolute Gasteiger partial charge is 0.364 e. The lowest BCUT2D eigenvalue weighted by molar-refractivity contribution is 0.0514. The number of nitrogens with zero attached hydrogens (tertiary/aromatic N) is 3. The van der Waals surface area contributed by atoms with Crippen molar-refractivity contribution in [2.45, 2.75) is 6.92 Å². The maximum Gasteiger partial charge on any atom is 0.364 e. The van der Waals surface area contributed by atoms with Crippen molar-refractivity contribution in [3.8, 4) is 23.0 Å². The summed E-state index contributed by atoms with van der Waals surface area (Å²) in [6, 6.07) is 12.1. The van der Waals surface area contributed by atoms with Crippen LogP contribution in [0.2, 0.25) is 5.02 Å². The van der Waals surface area contributed by atoms with Crippen LogP contribution in [-0.4, -0.2) is 27.8 Å². The quantitative estimate of drug-likeness (QED) is 0.621. The van der Waals surface area contributed by atoms with Crippen molar-refractivity contribution in [3.05, 3.63) is 65.1 Å². The van der Waals surface area contributed by atoms with Gasteiger partial charge in [-0.15, -0.1) is 10.2 Å². The third-order valence-electron chi connectivity index (χ3n) is 3.23. The van der Waals surface area contributed by atoms with Crippen LogP contribution >= 0.6 is 11.6 Å². The van der Waals surface area contributed by atoms with Gasteiger partial charge in [0, 0.05) is 10.6 Å². The first-order valence-electron chi connectivity index (χ1n) is 7.68. The monoisotopic (exact) mass is 373 g/mol. The molecule has 0 saturated carbocycles. The van der Waals surface area contributed by atoms with Crippen molar-refractivity contribution in [1.82, 2.24) is 15.2 Å². The summed E-state index contributed by atoms with van der Waals surface area (Å²) in [5.41, 5.74) is 0.423. The summed E-state index contributed by atoms with van der Waals surface area (Å²) in [5.74, 6) is -0.724. The highest BCUT2D eigenvalue weighted by Gasteiger charge is 2.21. The molecule has 8 heteroatoms. The number of hydrogen-bond donors (Lipinski definition) is 0. The summed E-state index contributed by atoms with van der Waals surface area (Å²) >= 11 is 5.99. The third kappa shape index (κ3) is 4.12. The van der Waals surface area contributed by atoms with Crippen molar-refractivity contribution in [3.63, 3.8) is 0 Å². The second-order valence-corrected chi connectivity index (χ2v) is 5.51. The summed E-state index contributed by atoms with van der Waals surface area (Å²) < 4.78 is 23.6. The molecule has 0 aliphatic heterocycles. The molecule has 0 amide bonds. The molecule has 0 N–H and O–H groups in total. The van der Waals surface area contributed by atoms with E-state index >= 15 is 0 Å². The predicted octanol–water partition coefficient (Wildman–Crippen LogP) is 4.30. The predicted molar refractivity (Wildman–Crippen MR) is 92.7 cm³/mol. The van der Waals surface area contributed by atoms with Crippen molar-refractivity contribution >= 4 is 17.6 Å². The molecule has 1 heterocycles. The molecule has 132 valence electrons. The van der Waals surface area contributed by atoms with Crippen molar-refractivity contribution in [2.24, 2.45) is 0 Å². The highest BCUT2D eigenvalue weighted by Crippen LogP contribution is 2.26. The van der Waals surface area contributed by atoms with Crippen molar-refractivity contribution in [1.29, 1.82) is 0 Å². The normalized spacial score (nSPS) is 10.4. The van der Waals surface area contributed by atoms with Crippen LogP contribution in [0.1, 0.15) is 17.4 Å². The zero-order chi connectivity index (χ0) is 18.5. The number of benzene rings is 2. The van der Waals surface area contributed by atoms with Crippen LogP contribution in [0.4, 0.5) is 4.39 Å². The molecular weight excluding hydrogens is 361 g/mol. The van der Waals surface area contributed by atoms with E-state index < -0.39 is 11.8 Å². The lowest BCUT2D eigenvalue weighted by Crippen LogP contribution is -2.12. The largest absolute Gasteiger partial charge is 0.461 e. The Hall–Kier alpha value is -3.06. The second kappa shape index (κ2) is 7.88. The van der Waals surface area contributed by atoms with Gasteiger partial charge in [0.05, 0.1) is 6.61 Å². The zero-order valence-electron chi connectivity index (χ0n) is 13.6. The minimum atomic E-state index is -0.720. The van der Waals surface area contributed by atoms with Crippen LogP contribution in [0.5, 0.6) is 11.6 Å². The summed E-state index contributed by atoms with van der Waals surface area (Å²) in [4.78, 5) is 16.3. The first kappa shape index (κ1) is 17.8. The lowest BCUT2D eigenvalue weighted by atomic mass is 10.2. The number of carbonyl (C=O) groups excluding carboxylic acids is 1.